The van der Waals surface area contributed by atoms with Crippen molar-refractivity contribution in [2.45, 2.75) is 154 Å². The van der Waals surface area contributed by atoms with E-state index in [1.807, 2.05) is 0 Å². The van der Waals surface area contributed by atoms with Crippen molar-refractivity contribution >= 4 is 22.6 Å². The third-order valence-electron chi connectivity index (χ3n) is 10.8. The van der Waals surface area contributed by atoms with E-state index < -0.39 is 22.6 Å². The molecule has 4 nitrogen and oxygen atoms in total. The molecule has 6 heteroatoms. The molecular weight excluding hydrogens is 517 g/mol. The van der Waals surface area contributed by atoms with Gasteiger partial charge in [-0.25, -0.2) is 0 Å². The molecule has 3 rings (SSSR count). The first-order valence-corrected chi connectivity index (χ1v) is 21.5. The third-order valence-corrected chi connectivity index (χ3v) is 19.8. The number of hydrogen-bond acceptors (Lipinski definition) is 3. The van der Waals surface area contributed by atoms with Crippen LogP contribution in [0.25, 0.3) is 0 Å². The highest BCUT2D eigenvalue weighted by atomic mass is 28.4. The van der Waals surface area contributed by atoms with E-state index in [1.54, 1.807) is 0 Å². The molecule has 0 aromatic heterocycles. The normalized spacial score (nSPS) is 28.7. The van der Waals surface area contributed by atoms with Crippen LogP contribution in [0.1, 0.15) is 106 Å². The number of allylic oxidation sites excluding steroid dienone is 2. The Bertz CT molecular complexity index is 937. The number of carbonyl (C=O) groups is 1. The highest BCUT2D eigenvalue weighted by Gasteiger charge is 2.50. The van der Waals surface area contributed by atoms with Crippen LogP contribution in [-0.4, -0.2) is 39.9 Å². The van der Waals surface area contributed by atoms with Crippen molar-refractivity contribution in [3.05, 3.63) is 11.6 Å². The maximum absolute atomic E-state index is 11.0. The number of rotatable bonds is 8. The molecule has 1 N–H and O–H groups in total. The minimum atomic E-state index is -1.95. The zero-order valence-corrected chi connectivity index (χ0v) is 28.8. The van der Waals surface area contributed by atoms with E-state index in [2.05, 4.69) is 85.6 Å². The molecule has 0 radical (unpaired) electrons. The molecule has 5 atom stereocenters. The van der Waals surface area contributed by atoms with E-state index in [0.717, 1.165) is 19.3 Å². The lowest BCUT2D eigenvalue weighted by Gasteiger charge is -2.52. The Kier molecular flexibility index (Phi) is 10.5. The number of carboxylic acid groups (broad SMARTS) is 1. The van der Waals surface area contributed by atoms with Crippen LogP contribution in [0.5, 0.6) is 0 Å². The van der Waals surface area contributed by atoms with E-state index in [-0.39, 0.29) is 34.6 Å². The van der Waals surface area contributed by atoms with Gasteiger partial charge in [0, 0.05) is 12.3 Å². The minimum absolute atomic E-state index is 0.0192. The maximum Gasteiger partial charge on any atom is 0.303 e. The number of carboxylic acids is 1. The Balaban J connectivity index is 1.90. The molecule has 0 aromatic carbocycles. The fourth-order valence-electron chi connectivity index (χ4n) is 6.11. The molecule has 0 spiro atoms. The molecule has 3 saturated carbocycles. The molecule has 0 aliphatic heterocycles. The number of aliphatic carboxylic acids is 1. The SMILES string of the molecule is CC(C)(C)[Si](C)(C)OC(C#C[C@@H]1[C@H]2C/C(=C\CCC(=O)O)[C@H]2CC[C@H]1O[Si](C)(C)C(C)(C)C)C1CCCCC1. The topological polar surface area (TPSA) is 55.8 Å². The van der Waals surface area contributed by atoms with Gasteiger partial charge in [-0.2, -0.15) is 0 Å². The smallest absolute Gasteiger partial charge is 0.303 e. The van der Waals surface area contributed by atoms with Gasteiger partial charge in [0.1, 0.15) is 6.10 Å². The second-order valence-electron chi connectivity index (χ2n) is 15.7. The summed E-state index contributed by atoms with van der Waals surface area (Å²) in [6.07, 6.45) is 12.8. The summed E-state index contributed by atoms with van der Waals surface area (Å²) < 4.78 is 14.2. The predicted molar refractivity (Wildman–Crippen MR) is 168 cm³/mol. The fraction of sp³-hybridized carbons (Fsp3) is 0.848. The second-order valence-corrected chi connectivity index (χ2v) is 25.2. The fourth-order valence-corrected chi connectivity index (χ4v) is 8.73. The highest BCUT2D eigenvalue weighted by molar-refractivity contribution is 6.74. The molecule has 0 saturated heterocycles. The van der Waals surface area contributed by atoms with Crippen LogP contribution in [-0.2, 0) is 13.6 Å². The first-order valence-electron chi connectivity index (χ1n) is 15.7. The predicted octanol–water partition coefficient (Wildman–Crippen LogP) is 9.19. The molecule has 3 aliphatic rings. The largest absolute Gasteiger partial charge is 0.481 e. The highest BCUT2D eigenvalue weighted by Crippen LogP contribution is 2.53. The Morgan fingerprint density at radius 2 is 1.59 bits per heavy atom. The molecule has 3 fully saturated rings. The van der Waals surface area contributed by atoms with E-state index in [9.17, 15) is 4.79 Å². The molecule has 0 aromatic rings. The summed E-state index contributed by atoms with van der Waals surface area (Å²) in [6, 6.07) is 0. The van der Waals surface area contributed by atoms with Gasteiger partial charge in [-0.1, -0.05) is 84.3 Å². The van der Waals surface area contributed by atoms with Gasteiger partial charge in [-0.15, -0.1) is 0 Å². The third kappa shape index (κ3) is 8.12. The van der Waals surface area contributed by atoms with Crippen molar-refractivity contribution < 1.29 is 18.8 Å². The lowest BCUT2D eigenvalue weighted by molar-refractivity contribution is -0.136. The van der Waals surface area contributed by atoms with E-state index in [0.29, 0.717) is 24.2 Å². The molecular formula is C33H58O4Si2. The maximum atomic E-state index is 11.0. The lowest BCUT2D eigenvalue weighted by Crippen LogP contribution is -2.51. The summed E-state index contributed by atoms with van der Waals surface area (Å²) in [5.74, 6) is 8.76. The van der Waals surface area contributed by atoms with Gasteiger partial charge in [0.05, 0.1) is 6.10 Å². The zero-order chi connectivity index (χ0) is 29.2. The van der Waals surface area contributed by atoms with Crippen molar-refractivity contribution in [2.24, 2.45) is 23.7 Å². The van der Waals surface area contributed by atoms with E-state index >= 15 is 0 Å². The quantitative estimate of drug-likeness (QED) is 0.178. The molecule has 0 bridgehead atoms. The average molecular weight is 575 g/mol. The van der Waals surface area contributed by atoms with Gasteiger partial charge in [0.25, 0.3) is 0 Å². The average Bonchev–Trinajstić information content (AvgIpc) is 2.79. The van der Waals surface area contributed by atoms with E-state index in [4.69, 9.17) is 14.0 Å². The van der Waals surface area contributed by atoms with Gasteiger partial charge < -0.3 is 14.0 Å². The van der Waals surface area contributed by atoms with Crippen LogP contribution in [0.3, 0.4) is 0 Å². The summed E-state index contributed by atoms with van der Waals surface area (Å²) >= 11 is 0. The standard InChI is InChI=1S/C33H58O4Si2/c1-32(2,3)38(7,8)36-29(24-15-12-11-13-16-24)21-20-27-28-23-25(17-14-18-31(34)35)26(28)19-22-30(27)37-39(9,10)33(4,5)6/h17,24,26-30H,11-16,18-19,22-23H2,1-10H3,(H,34,35)/b25-17+/t26-,27-,28+,29?,30-/m1/s1. The Morgan fingerprint density at radius 1 is 0.974 bits per heavy atom. The molecule has 0 heterocycles. The van der Waals surface area contributed by atoms with Crippen LogP contribution >= 0.6 is 0 Å². The summed E-state index contributed by atoms with van der Waals surface area (Å²) in [5, 5.41) is 9.42. The number of hydrogen-bond donors (Lipinski definition) is 1. The molecule has 0 amide bonds. The van der Waals surface area contributed by atoms with Gasteiger partial charge in [0.2, 0.25) is 0 Å². The molecule has 39 heavy (non-hydrogen) atoms. The van der Waals surface area contributed by atoms with Gasteiger partial charge in [-0.3, -0.25) is 4.79 Å². The zero-order valence-electron chi connectivity index (χ0n) is 26.8. The lowest BCUT2D eigenvalue weighted by atomic mass is 9.57. The van der Waals surface area contributed by atoms with Crippen LogP contribution in [0, 0.1) is 35.5 Å². The van der Waals surface area contributed by atoms with Crippen molar-refractivity contribution in [3.8, 4) is 11.8 Å². The van der Waals surface area contributed by atoms with Gasteiger partial charge in [0.15, 0.2) is 16.6 Å². The van der Waals surface area contributed by atoms with Crippen LogP contribution in [0.4, 0.5) is 0 Å². The molecule has 3 aliphatic carbocycles. The summed E-state index contributed by atoms with van der Waals surface area (Å²) in [4.78, 5) is 11.0. The second kappa shape index (κ2) is 12.6. The Hall–Kier alpha value is -0.876. The van der Waals surface area contributed by atoms with Crippen LogP contribution in [0.2, 0.25) is 36.3 Å². The molecule has 222 valence electrons. The van der Waals surface area contributed by atoms with Crippen LogP contribution < -0.4 is 0 Å². The number of fused-ring (bicyclic) bond motifs is 1. The van der Waals surface area contributed by atoms with Gasteiger partial charge >= 0.3 is 5.97 Å². The minimum Gasteiger partial charge on any atom is -0.481 e. The Morgan fingerprint density at radius 3 is 2.15 bits per heavy atom. The Labute approximate surface area is 242 Å². The van der Waals surface area contributed by atoms with Crippen molar-refractivity contribution in [2.75, 3.05) is 0 Å². The van der Waals surface area contributed by atoms with Crippen molar-refractivity contribution in [3.63, 3.8) is 0 Å². The van der Waals surface area contributed by atoms with Crippen molar-refractivity contribution in [1.82, 2.24) is 0 Å². The molecule has 1 unspecified atom stereocenters. The summed E-state index contributed by atoms with van der Waals surface area (Å²) in [5.41, 5.74) is 1.46. The first-order chi connectivity index (χ1) is 17.9. The summed E-state index contributed by atoms with van der Waals surface area (Å²) in [6.45, 7) is 23.4. The van der Waals surface area contributed by atoms with Crippen LogP contribution in [0.15, 0.2) is 11.6 Å². The monoisotopic (exact) mass is 574 g/mol. The summed E-state index contributed by atoms with van der Waals surface area (Å²) in [7, 11) is -3.89. The van der Waals surface area contributed by atoms with Crippen molar-refractivity contribution in [1.29, 1.82) is 0 Å². The first kappa shape index (κ1) is 32.6. The van der Waals surface area contributed by atoms with E-state index in [1.165, 1.54) is 37.7 Å². The van der Waals surface area contributed by atoms with Gasteiger partial charge in [-0.05, 0) is 92.5 Å².